The second-order valence-electron chi connectivity index (χ2n) is 10.7. The van der Waals surface area contributed by atoms with Gasteiger partial charge in [-0.2, -0.15) is 0 Å². The van der Waals surface area contributed by atoms with Crippen LogP contribution in [0.25, 0.3) is 0 Å². The molecule has 0 radical (unpaired) electrons. The minimum absolute atomic E-state index is 0.0436. The molecule has 42 heavy (non-hydrogen) atoms. The number of aryl methyl sites for hydroxylation is 1. The summed E-state index contributed by atoms with van der Waals surface area (Å²) in [6, 6.07) is 23.6. The lowest BCUT2D eigenvalue weighted by atomic mass is 10.0. The van der Waals surface area contributed by atoms with Gasteiger partial charge in [0.05, 0.1) is 19.1 Å². The number of carbonyl (C=O) groups excluding carboxylic acids is 2. The van der Waals surface area contributed by atoms with Crippen LogP contribution in [0.4, 0.5) is 5.69 Å². The van der Waals surface area contributed by atoms with Gasteiger partial charge >= 0.3 is 0 Å². The number of rotatable bonds is 15. The lowest BCUT2D eigenvalue weighted by molar-refractivity contribution is -0.141. The Kier molecular flexibility index (Phi) is 12.0. The lowest BCUT2D eigenvalue weighted by Gasteiger charge is -2.33. The fourth-order valence-electron chi connectivity index (χ4n) is 4.77. The van der Waals surface area contributed by atoms with Crippen LogP contribution in [0.2, 0.25) is 0 Å². The Morgan fingerprint density at radius 3 is 2.29 bits per heavy atom. The minimum atomic E-state index is -3.61. The highest BCUT2D eigenvalue weighted by Gasteiger charge is 2.31. The zero-order valence-corrected chi connectivity index (χ0v) is 26.1. The predicted molar refractivity (Wildman–Crippen MR) is 168 cm³/mol. The van der Waals surface area contributed by atoms with E-state index in [-0.39, 0.29) is 43.8 Å². The van der Waals surface area contributed by atoms with Crippen molar-refractivity contribution in [3.05, 3.63) is 95.6 Å². The fourth-order valence-corrected chi connectivity index (χ4v) is 5.73. The number of carbonyl (C=O) groups is 2. The van der Waals surface area contributed by atoms with Crippen LogP contribution in [-0.2, 0) is 32.6 Å². The zero-order chi connectivity index (χ0) is 30.7. The molecular weight excluding hydrogens is 550 g/mol. The van der Waals surface area contributed by atoms with Gasteiger partial charge in [-0.3, -0.25) is 13.9 Å². The molecule has 0 saturated carbocycles. The molecule has 2 atom stereocenters. The second-order valence-corrected chi connectivity index (χ2v) is 12.6. The lowest BCUT2D eigenvalue weighted by Crippen LogP contribution is -2.52. The summed E-state index contributed by atoms with van der Waals surface area (Å²) >= 11 is 0. The topological polar surface area (TPSA) is 96.0 Å². The van der Waals surface area contributed by atoms with Gasteiger partial charge in [0.1, 0.15) is 11.8 Å². The quantitative estimate of drug-likeness (QED) is 0.264. The van der Waals surface area contributed by atoms with E-state index in [1.807, 2.05) is 75.4 Å². The standard InChI is InChI=1S/C33H43N3O5S/c1-6-26(3)34-33(38)31(22-27-14-8-7-9-15-27)35(24-28-16-10-13-25(2)21-28)32(37)19-12-20-36(42(5,39)40)29-17-11-18-30(23-29)41-4/h7-11,13-18,21,23,26,31H,6,12,19-20,22,24H2,1-5H3,(H,34,38)/t26-,31+/m1/s1. The van der Waals surface area contributed by atoms with Crippen molar-refractivity contribution in [3.63, 3.8) is 0 Å². The van der Waals surface area contributed by atoms with E-state index in [0.717, 1.165) is 29.4 Å². The highest BCUT2D eigenvalue weighted by Crippen LogP contribution is 2.24. The summed E-state index contributed by atoms with van der Waals surface area (Å²) in [6.45, 7) is 6.31. The maximum atomic E-state index is 14.0. The summed E-state index contributed by atoms with van der Waals surface area (Å²) in [5.74, 6) is 0.122. The van der Waals surface area contributed by atoms with Crippen molar-refractivity contribution < 1.29 is 22.7 Å². The molecule has 0 aliphatic heterocycles. The van der Waals surface area contributed by atoms with E-state index in [1.165, 1.54) is 11.4 Å². The SMILES string of the molecule is CC[C@@H](C)NC(=O)[C@H](Cc1ccccc1)N(Cc1cccc(C)c1)C(=O)CCCN(c1cccc(OC)c1)S(C)(=O)=O. The number of methoxy groups -OCH3 is 1. The average Bonchev–Trinajstić information content (AvgIpc) is 2.96. The van der Waals surface area contributed by atoms with E-state index in [0.29, 0.717) is 17.9 Å². The molecule has 226 valence electrons. The molecule has 0 aliphatic carbocycles. The molecule has 0 fully saturated rings. The van der Waals surface area contributed by atoms with Gasteiger partial charge in [-0.25, -0.2) is 8.42 Å². The van der Waals surface area contributed by atoms with Crippen LogP contribution in [0.5, 0.6) is 5.75 Å². The fraction of sp³-hybridized carbons (Fsp3) is 0.394. The van der Waals surface area contributed by atoms with Crippen molar-refractivity contribution in [1.82, 2.24) is 10.2 Å². The van der Waals surface area contributed by atoms with Gasteiger partial charge in [0, 0.05) is 38.0 Å². The van der Waals surface area contributed by atoms with Gasteiger partial charge in [-0.05, 0) is 49.9 Å². The van der Waals surface area contributed by atoms with Crippen molar-refractivity contribution in [3.8, 4) is 5.75 Å². The molecule has 3 aromatic rings. The molecule has 9 heteroatoms. The first kappa shape index (κ1) is 32.7. The number of hydrogen-bond acceptors (Lipinski definition) is 5. The smallest absolute Gasteiger partial charge is 0.243 e. The van der Waals surface area contributed by atoms with Crippen LogP contribution in [0.3, 0.4) is 0 Å². The summed E-state index contributed by atoms with van der Waals surface area (Å²) in [6.07, 6.45) is 2.62. The molecule has 0 spiro atoms. The van der Waals surface area contributed by atoms with Crippen molar-refractivity contribution >= 4 is 27.5 Å². The van der Waals surface area contributed by atoms with E-state index >= 15 is 0 Å². The van der Waals surface area contributed by atoms with Crippen LogP contribution in [-0.4, -0.2) is 57.1 Å². The Hall–Kier alpha value is -3.85. The Bertz CT molecular complexity index is 1430. The van der Waals surface area contributed by atoms with Gasteiger partial charge < -0.3 is 15.0 Å². The Morgan fingerprint density at radius 2 is 1.64 bits per heavy atom. The molecule has 0 bridgehead atoms. The number of amides is 2. The predicted octanol–water partition coefficient (Wildman–Crippen LogP) is 5.10. The molecule has 3 aromatic carbocycles. The van der Waals surface area contributed by atoms with Crippen molar-refractivity contribution in [2.45, 2.75) is 65.1 Å². The summed E-state index contributed by atoms with van der Waals surface area (Å²) in [7, 11) is -2.09. The van der Waals surface area contributed by atoms with E-state index < -0.39 is 16.1 Å². The van der Waals surface area contributed by atoms with Crippen molar-refractivity contribution in [2.24, 2.45) is 0 Å². The van der Waals surface area contributed by atoms with Crippen LogP contribution in [0.15, 0.2) is 78.9 Å². The average molecular weight is 594 g/mol. The molecular formula is C33H43N3O5S. The third-order valence-corrected chi connectivity index (χ3v) is 8.40. The third kappa shape index (κ3) is 9.62. The Balaban J connectivity index is 1.89. The number of anilines is 1. The van der Waals surface area contributed by atoms with Crippen molar-refractivity contribution in [2.75, 3.05) is 24.2 Å². The first-order valence-electron chi connectivity index (χ1n) is 14.3. The summed E-state index contributed by atoms with van der Waals surface area (Å²) in [4.78, 5) is 29.3. The first-order chi connectivity index (χ1) is 20.0. The number of hydrogen-bond donors (Lipinski definition) is 1. The molecule has 0 aromatic heterocycles. The molecule has 0 aliphatic rings. The van der Waals surface area contributed by atoms with Crippen molar-refractivity contribution in [1.29, 1.82) is 0 Å². The van der Waals surface area contributed by atoms with Gasteiger partial charge in [0.25, 0.3) is 0 Å². The van der Waals surface area contributed by atoms with Gasteiger partial charge in [-0.15, -0.1) is 0 Å². The summed E-state index contributed by atoms with van der Waals surface area (Å²) in [5.41, 5.74) is 3.40. The van der Waals surface area contributed by atoms with Gasteiger partial charge in [-0.1, -0.05) is 73.2 Å². The largest absolute Gasteiger partial charge is 0.497 e. The third-order valence-electron chi connectivity index (χ3n) is 7.20. The molecule has 0 unspecified atom stereocenters. The molecule has 0 heterocycles. The van der Waals surface area contributed by atoms with E-state index in [1.54, 1.807) is 29.2 Å². The van der Waals surface area contributed by atoms with E-state index in [9.17, 15) is 18.0 Å². The van der Waals surface area contributed by atoms with E-state index in [4.69, 9.17) is 4.74 Å². The summed E-state index contributed by atoms with van der Waals surface area (Å²) < 4.78 is 31.9. The highest BCUT2D eigenvalue weighted by molar-refractivity contribution is 7.92. The van der Waals surface area contributed by atoms with Crippen LogP contribution in [0.1, 0.15) is 49.8 Å². The number of benzene rings is 3. The Labute approximate surface area is 250 Å². The second kappa shape index (κ2) is 15.4. The molecule has 2 amide bonds. The Morgan fingerprint density at radius 1 is 0.952 bits per heavy atom. The number of sulfonamides is 1. The number of nitrogens with zero attached hydrogens (tertiary/aromatic N) is 2. The molecule has 0 saturated heterocycles. The molecule has 3 rings (SSSR count). The first-order valence-corrected chi connectivity index (χ1v) is 16.2. The minimum Gasteiger partial charge on any atom is -0.497 e. The number of ether oxygens (including phenoxy) is 1. The molecule has 8 nitrogen and oxygen atoms in total. The van der Waals surface area contributed by atoms with Crippen LogP contribution in [0, 0.1) is 6.92 Å². The van der Waals surface area contributed by atoms with E-state index in [2.05, 4.69) is 5.32 Å². The van der Waals surface area contributed by atoms with Gasteiger partial charge in [0.2, 0.25) is 21.8 Å². The summed E-state index contributed by atoms with van der Waals surface area (Å²) in [5, 5.41) is 3.08. The van der Waals surface area contributed by atoms with Crippen LogP contribution < -0.4 is 14.4 Å². The highest BCUT2D eigenvalue weighted by atomic mass is 32.2. The van der Waals surface area contributed by atoms with Gasteiger partial charge in [0.15, 0.2) is 0 Å². The maximum Gasteiger partial charge on any atom is 0.243 e. The normalized spacial score (nSPS) is 12.7. The monoisotopic (exact) mass is 593 g/mol. The maximum absolute atomic E-state index is 14.0. The zero-order valence-electron chi connectivity index (χ0n) is 25.2. The molecule has 1 N–H and O–H groups in total. The number of nitrogens with one attached hydrogen (secondary N) is 1. The van der Waals surface area contributed by atoms with Crippen LogP contribution >= 0.6 is 0 Å².